The minimum atomic E-state index is -0.408. The van der Waals surface area contributed by atoms with Gasteiger partial charge in [0.2, 0.25) is 0 Å². The molecule has 0 amide bonds. The number of rotatable bonds is 4. The van der Waals surface area contributed by atoms with E-state index < -0.39 is 6.04 Å². The molecular weight excluding hydrogens is 619 g/mol. The molecule has 3 heteroatoms. The molecule has 0 atom stereocenters. The monoisotopic (exact) mass is 654 g/mol. The van der Waals surface area contributed by atoms with Crippen LogP contribution in [0.4, 0.5) is 0 Å². The van der Waals surface area contributed by atoms with Gasteiger partial charge in [-0.2, -0.15) is 0 Å². The Bertz CT molecular complexity index is 3400. The molecule has 11 aromatic rings. The van der Waals surface area contributed by atoms with Crippen molar-refractivity contribution in [1.29, 1.82) is 0 Å². The van der Waals surface area contributed by atoms with Crippen LogP contribution < -0.4 is 0 Å². The number of benzene rings is 8. The molecule has 238 valence electrons. The van der Waals surface area contributed by atoms with Gasteiger partial charge in [0.1, 0.15) is 0 Å². The van der Waals surface area contributed by atoms with Gasteiger partial charge in [-0.25, -0.2) is 0 Å². The molecule has 0 radical (unpaired) electrons. The van der Waals surface area contributed by atoms with Crippen molar-refractivity contribution in [3.63, 3.8) is 0 Å². The number of fused-ring (bicyclic) bond motifs is 10. The molecule has 51 heavy (non-hydrogen) atoms. The minimum Gasteiger partial charge on any atom is -0.309 e. The maximum absolute atomic E-state index is 8.92. The predicted molar refractivity (Wildman–Crippen MR) is 215 cm³/mol. The van der Waals surface area contributed by atoms with Crippen LogP contribution in [-0.4, -0.2) is 13.7 Å². The van der Waals surface area contributed by atoms with E-state index in [2.05, 4.69) is 137 Å². The first-order valence-electron chi connectivity index (χ1n) is 19.6. The molecule has 0 unspecified atom stereocenters. The second-order valence-electron chi connectivity index (χ2n) is 13.0. The fourth-order valence-corrected chi connectivity index (χ4v) is 8.28. The van der Waals surface area contributed by atoms with Crippen LogP contribution in [0.2, 0.25) is 0 Å². The molecular formula is C48H31N3. The topological polar surface area (TPSA) is 14.8 Å². The molecule has 0 spiro atoms. The van der Waals surface area contributed by atoms with Crippen LogP contribution in [0.25, 0.3) is 93.6 Å². The Morgan fingerprint density at radius 3 is 1.59 bits per heavy atom. The summed E-state index contributed by atoms with van der Waals surface area (Å²) in [5.41, 5.74) is 10.4. The predicted octanol–water partition coefficient (Wildman–Crippen LogP) is 12.6. The van der Waals surface area contributed by atoms with Crippen LogP contribution in [0.1, 0.15) is 6.85 Å². The number of nitrogens with zero attached hydrogens (tertiary/aromatic N) is 3. The van der Waals surface area contributed by atoms with Gasteiger partial charge < -0.3 is 13.7 Å². The lowest BCUT2D eigenvalue weighted by Gasteiger charge is -2.15. The summed E-state index contributed by atoms with van der Waals surface area (Å²) in [7, 11) is 0. The standard InChI is InChI=1S/C48H31N3/c1-3-15-33(16-4-1)49-41-24-12-8-20-36(41)39-31-32(27-28-44(39)49)35-19-7-11-23-40(35)51-43-26-14-10-22-38(43)48-46(51)30-29-45-47(48)37-21-9-13-25-42(37)50(45)34-17-5-2-6-18-34/h1-31H/i2D,5D,6D,17D,18D. The first kappa shape index (κ1) is 23.5. The van der Waals surface area contributed by atoms with Gasteiger partial charge in [0.15, 0.2) is 0 Å². The molecule has 3 aromatic heterocycles. The zero-order chi connectivity index (χ0) is 37.8. The van der Waals surface area contributed by atoms with Crippen molar-refractivity contribution in [2.24, 2.45) is 0 Å². The first-order valence-corrected chi connectivity index (χ1v) is 17.1. The van der Waals surface area contributed by atoms with E-state index in [1.807, 2.05) is 34.9 Å². The second kappa shape index (κ2) is 10.8. The molecule has 0 bridgehead atoms. The van der Waals surface area contributed by atoms with Crippen molar-refractivity contribution in [2.75, 3.05) is 0 Å². The van der Waals surface area contributed by atoms with E-state index in [4.69, 9.17) is 6.85 Å². The Morgan fingerprint density at radius 2 is 0.863 bits per heavy atom. The summed E-state index contributed by atoms with van der Waals surface area (Å²) in [6.07, 6.45) is 0. The van der Waals surface area contributed by atoms with E-state index in [1.165, 1.54) is 10.8 Å². The van der Waals surface area contributed by atoms with Crippen molar-refractivity contribution < 1.29 is 6.85 Å². The van der Waals surface area contributed by atoms with Crippen LogP contribution in [0, 0.1) is 0 Å². The maximum Gasteiger partial charge on any atom is 0.0645 e. The molecule has 0 fully saturated rings. The Kier molecular flexibility index (Phi) is 4.99. The Morgan fingerprint density at radius 1 is 0.353 bits per heavy atom. The summed E-state index contributed by atoms with van der Waals surface area (Å²) in [5.74, 6) is 0. The van der Waals surface area contributed by atoms with Gasteiger partial charge >= 0.3 is 0 Å². The van der Waals surface area contributed by atoms with Crippen molar-refractivity contribution in [2.45, 2.75) is 0 Å². The molecule has 8 aromatic carbocycles. The highest BCUT2D eigenvalue weighted by atomic mass is 15.0. The summed E-state index contributed by atoms with van der Waals surface area (Å²) in [4.78, 5) is 0. The molecule has 11 rings (SSSR count). The molecule has 0 N–H and O–H groups in total. The quantitative estimate of drug-likeness (QED) is 0.179. The molecule has 0 aliphatic rings. The second-order valence-corrected chi connectivity index (χ2v) is 13.0. The van der Waals surface area contributed by atoms with Gasteiger partial charge in [0, 0.05) is 49.3 Å². The molecule has 0 aliphatic carbocycles. The highest BCUT2D eigenvalue weighted by molar-refractivity contribution is 6.29. The third-order valence-electron chi connectivity index (χ3n) is 10.3. The van der Waals surface area contributed by atoms with E-state index in [-0.39, 0.29) is 29.9 Å². The van der Waals surface area contributed by atoms with Crippen LogP contribution >= 0.6 is 0 Å². The van der Waals surface area contributed by atoms with Crippen molar-refractivity contribution in [1.82, 2.24) is 13.7 Å². The Hall–Kier alpha value is -6.84. The highest BCUT2D eigenvalue weighted by Crippen LogP contribution is 2.44. The largest absolute Gasteiger partial charge is 0.309 e. The van der Waals surface area contributed by atoms with Crippen LogP contribution in [0.3, 0.4) is 0 Å². The van der Waals surface area contributed by atoms with E-state index >= 15 is 0 Å². The lowest BCUT2D eigenvalue weighted by molar-refractivity contribution is 1.17. The van der Waals surface area contributed by atoms with Crippen LogP contribution in [-0.2, 0) is 0 Å². The fourth-order valence-electron chi connectivity index (χ4n) is 8.28. The molecule has 3 nitrogen and oxygen atoms in total. The third kappa shape index (κ3) is 4.00. The van der Waals surface area contributed by atoms with E-state index in [0.717, 1.165) is 77.1 Å². The van der Waals surface area contributed by atoms with Gasteiger partial charge in [-0.3, -0.25) is 0 Å². The number of hydrogen-bond acceptors (Lipinski definition) is 0. The van der Waals surface area contributed by atoms with Crippen molar-refractivity contribution in [3.8, 4) is 28.2 Å². The van der Waals surface area contributed by atoms with Gasteiger partial charge in [-0.15, -0.1) is 0 Å². The highest BCUT2D eigenvalue weighted by Gasteiger charge is 2.22. The van der Waals surface area contributed by atoms with Crippen LogP contribution in [0.15, 0.2) is 188 Å². The summed E-state index contributed by atoms with van der Waals surface area (Å²) >= 11 is 0. The normalized spacial score (nSPS) is 13.3. The number of aromatic nitrogens is 3. The van der Waals surface area contributed by atoms with Crippen LogP contribution in [0.5, 0.6) is 0 Å². The third-order valence-corrected chi connectivity index (χ3v) is 10.3. The van der Waals surface area contributed by atoms with Gasteiger partial charge in [-0.05, 0) is 78.3 Å². The summed E-state index contributed by atoms with van der Waals surface area (Å²) in [5, 5.41) is 6.38. The fraction of sp³-hybridized carbons (Fsp3) is 0. The van der Waals surface area contributed by atoms with Gasteiger partial charge in [0.25, 0.3) is 0 Å². The zero-order valence-corrected chi connectivity index (χ0v) is 27.4. The SMILES string of the molecule is [2H]c1c([2H])c([2H])c(-n2c3ccccc3c3c4c5ccccc5n(-c5ccccc5-c5ccc6c(c5)c5ccccc5n6-c5ccccc5)c4ccc32)c([2H])c1[2H]. The maximum atomic E-state index is 8.92. The van der Waals surface area contributed by atoms with Gasteiger partial charge in [-0.1, -0.05) is 115 Å². The molecule has 0 aliphatic heterocycles. The summed E-state index contributed by atoms with van der Waals surface area (Å²) < 4.78 is 49.6. The summed E-state index contributed by atoms with van der Waals surface area (Å²) in [6.45, 7) is 0. The average molecular weight is 655 g/mol. The number of para-hydroxylation sites is 6. The average Bonchev–Trinajstić information content (AvgIpc) is 3.88. The Balaban J connectivity index is 1.20. The lowest BCUT2D eigenvalue weighted by atomic mass is 10.0. The van der Waals surface area contributed by atoms with E-state index in [1.54, 1.807) is 0 Å². The van der Waals surface area contributed by atoms with E-state index in [9.17, 15) is 0 Å². The molecule has 3 heterocycles. The smallest absolute Gasteiger partial charge is 0.0645 e. The lowest BCUT2D eigenvalue weighted by Crippen LogP contribution is -1.97. The summed E-state index contributed by atoms with van der Waals surface area (Å²) in [6, 6.07) is 53.3. The number of hydrogen-bond donors (Lipinski definition) is 0. The van der Waals surface area contributed by atoms with E-state index in [0.29, 0.717) is 0 Å². The Labute approximate surface area is 301 Å². The van der Waals surface area contributed by atoms with Crippen molar-refractivity contribution >= 4 is 65.4 Å². The van der Waals surface area contributed by atoms with Gasteiger partial charge in [0.05, 0.1) is 45.6 Å². The zero-order valence-electron chi connectivity index (χ0n) is 32.4. The minimum absolute atomic E-state index is 0.139. The molecule has 0 saturated heterocycles. The molecule has 0 saturated carbocycles. The first-order chi connectivity index (χ1) is 27.4. The van der Waals surface area contributed by atoms with Crippen molar-refractivity contribution in [3.05, 3.63) is 188 Å².